The first-order valence-corrected chi connectivity index (χ1v) is 5.80. The zero-order valence-corrected chi connectivity index (χ0v) is 9.13. The van der Waals surface area contributed by atoms with Crippen LogP contribution >= 0.6 is 0 Å². The van der Waals surface area contributed by atoms with Crippen LogP contribution in [0.15, 0.2) is 0 Å². The Bertz CT molecular complexity index is 233. The molecule has 0 aromatic rings. The minimum absolute atomic E-state index is 0.396. The number of nitrogens with zero attached hydrogens (tertiary/aromatic N) is 2. The fourth-order valence-corrected chi connectivity index (χ4v) is 2.49. The second-order valence-corrected chi connectivity index (χ2v) is 5.33. The van der Waals surface area contributed by atoms with Gasteiger partial charge in [-0.2, -0.15) is 5.26 Å². The highest BCUT2D eigenvalue weighted by Crippen LogP contribution is 2.49. The smallest absolute Gasteiger partial charge is 0.0628 e. The van der Waals surface area contributed by atoms with Gasteiger partial charge in [0.2, 0.25) is 0 Å². The molecule has 0 aliphatic heterocycles. The molecule has 0 spiro atoms. The van der Waals surface area contributed by atoms with Gasteiger partial charge < -0.3 is 4.90 Å². The fraction of sp³-hybridized carbons (Fsp3) is 0.917. The van der Waals surface area contributed by atoms with E-state index in [4.69, 9.17) is 5.26 Å². The van der Waals surface area contributed by atoms with E-state index in [-0.39, 0.29) is 0 Å². The summed E-state index contributed by atoms with van der Waals surface area (Å²) in [5, 5.41) is 8.73. The second-order valence-electron chi connectivity index (χ2n) is 5.33. The van der Waals surface area contributed by atoms with Crippen molar-refractivity contribution in [2.45, 2.75) is 38.5 Å². The Kier molecular flexibility index (Phi) is 2.78. The topological polar surface area (TPSA) is 27.0 Å². The summed E-state index contributed by atoms with van der Waals surface area (Å²) in [6.07, 6.45) is 7.60. The maximum Gasteiger partial charge on any atom is 0.0628 e. The molecule has 0 saturated heterocycles. The van der Waals surface area contributed by atoms with Crippen LogP contribution in [0.25, 0.3) is 0 Å². The van der Waals surface area contributed by atoms with Crippen LogP contribution in [-0.2, 0) is 0 Å². The van der Waals surface area contributed by atoms with Gasteiger partial charge >= 0.3 is 0 Å². The molecule has 2 fully saturated rings. The summed E-state index contributed by atoms with van der Waals surface area (Å²) >= 11 is 0. The largest absolute Gasteiger partial charge is 0.306 e. The molecule has 78 valence electrons. The average Bonchev–Trinajstić information content (AvgIpc) is 2.78. The van der Waals surface area contributed by atoms with Gasteiger partial charge in [-0.05, 0) is 44.1 Å². The lowest BCUT2D eigenvalue weighted by Crippen LogP contribution is -2.33. The zero-order valence-electron chi connectivity index (χ0n) is 9.13. The summed E-state index contributed by atoms with van der Waals surface area (Å²) < 4.78 is 0. The first-order chi connectivity index (χ1) is 6.74. The van der Waals surface area contributed by atoms with E-state index >= 15 is 0 Å². The van der Waals surface area contributed by atoms with E-state index in [2.05, 4.69) is 18.0 Å². The van der Waals surface area contributed by atoms with Crippen molar-refractivity contribution in [2.75, 3.05) is 20.1 Å². The lowest BCUT2D eigenvalue weighted by Gasteiger charge is -2.31. The van der Waals surface area contributed by atoms with Crippen molar-refractivity contribution in [2.24, 2.45) is 11.3 Å². The summed E-state index contributed by atoms with van der Waals surface area (Å²) in [7, 11) is 2.22. The highest BCUT2D eigenvalue weighted by atomic mass is 15.1. The molecule has 0 N–H and O–H groups in total. The molecule has 2 aliphatic rings. The Morgan fingerprint density at radius 3 is 2.57 bits per heavy atom. The Hall–Kier alpha value is -0.550. The Balaban J connectivity index is 1.71. The van der Waals surface area contributed by atoms with Crippen molar-refractivity contribution in [3.63, 3.8) is 0 Å². The van der Waals surface area contributed by atoms with E-state index in [1.54, 1.807) is 0 Å². The molecule has 0 unspecified atom stereocenters. The third-order valence-corrected chi connectivity index (χ3v) is 3.81. The van der Waals surface area contributed by atoms with Gasteiger partial charge in [-0.15, -0.1) is 0 Å². The van der Waals surface area contributed by atoms with Crippen LogP contribution in [0, 0.1) is 22.7 Å². The van der Waals surface area contributed by atoms with Crippen molar-refractivity contribution in [3.8, 4) is 6.07 Å². The average molecular weight is 192 g/mol. The molecule has 0 bridgehead atoms. The molecule has 2 rings (SSSR count). The molecule has 0 aromatic heterocycles. The summed E-state index contributed by atoms with van der Waals surface area (Å²) in [6.45, 7) is 2.41. The van der Waals surface area contributed by atoms with Crippen LogP contribution in [0.5, 0.6) is 0 Å². The van der Waals surface area contributed by atoms with Crippen LogP contribution in [0.1, 0.15) is 38.5 Å². The summed E-state index contributed by atoms with van der Waals surface area (Å²) in [4.78, 5) is 2.45. The van der Waals surface area contributed by atoms with Gasteiger partial charge in [-0.25, -0.2) is 0 Å². The zero-order chi connectivity index (χ0) is 10.0. The summed E-state index contributed by atoms with van der Waals surface area (Å²) in [6, 6.07) is 2.33. The van der Waals surface area contributed by atoms with Gasteiger partial charge in [-0.3, -0.25) is 0 Å². The number of nitriles is 1. The fourth-order valence-electron chi connectivity index (χ4n) is 2.49. The van der Waals surface area contributed by atoms with Crippen LogP contribution < -0.4 is 0 Å². The van der Waals surface area contributed by atoms with E-state index in [1.807, 2.05) is 0 Å². The van der Waals surface area contributed by atoms with Crippen molar-refractivity contribution < 1.29 is 0 Å². The third-order valence-electron chi connectivity index (χ3n) is 3.81. The standard InChI is InChI=1S/C12H20N2/c1-14(9-11-3-2-4-11)10-12(5-6-12)7-8-13/h11H,2-7,9-10H2,1H3. The van der Waals surface area contributed by atoms with E-state index in [0.29, 0.717) is 5.41 Å². The molecule has 0 atom stereocenters. The van der Waals surface area contributed by atoms with Gasteiger partial charge in [-0.1, -0.05) is 6.42 Å². The Labute approximate surface area is 86.9 Å². The van der Waals surface area contributed by atoms with Crippen LogP contribution in [0.3, 0.4) is 0 Å². The van der Waals surface area contributed by atoms with E-state index in [9.17, 15) is 0 Å². The van der Waals surface area contributed by atoms with E-state index in [1.165, 1.54) is 38.6 Å². The van der Waals surface area contributed by atoms with Gasteiger partial charge in [0.25, 0.3) is 0 Å². The normalized spacial score (nSPS) is 24.4. The predicted octanol–water partition coefficient (Wildman–Crippen LogP) is 2.41. The minimum atomic E-state index is 0.396. The van der Waals surface area contributed by atoms with Gasteiger partial charge in [0.1, 0.15) is 0 Å². The summed E-state index contributed by atoms with van der Waals surface area (Å²) in [5.41, 5.74) is 0.396. The molecular weight excluding hydrogens is 172 g/mol. The minimum Gasteiger partial charge on any atom is -0.306 e. The highest BCUT2D eigenvalue weighted by molar-refractivity contribution is 5.01. The molecule has 0 aromatic carbocycles. The van der Waals surface area contributed by atoms with Gasteiger partial charge in [0, 0.05) is 19.5 Å². The molecule has 2 heteroatoms. The number of hydrogen-bond acceptors (Lipinski definition) is 2. The highest BCUT2D eigenvalue weighted by Gasteiger charge is 2.43. The maximum absolute atomic E-state index is 8.73. The van der Waals surface area contributed by atoms with Crippen molar-refractivity contribution in [3.05, 3.63) is 0 Å². The van der Waals surface area contributed by atoms with E-state index < -0.39 is 0 Å². The number of rotatable bonds is 5. The Morgan fingerprint density at radius 1 is 1.43 bits per heavy atom. The molecule has 14 heavy (non-hydrogen) atoms. The van der Waals surface area contributed by atoms with Crippen molar-refractivity contribution in [1.29, 1.82) is 5.26 Å². The molecule has 0 radical (unpaired) electrons. The quantitative estimate of drug-likeness (QED) is 0.669. The van der Waals surface area contributed by atoms with Gasteiger partial charge in [0.15, 0.2) is 0 Å². The third kappa shape index (κ3) is 2.27. The van der Waals surface area contributed by atoms with Crippen LogP contribution in [0.4, 0.5) is 0 Å². The lowest BCUT2D eigenvalue weighted by molar-refractivity contribution is 0.179. The molecule has 2 saturated carbocycles. The SMILES string of the molecule is CN(CC1CCC1)CC1(CC#N)CC1. The molecular formula is C12H20N2. The van der Waals surface area contributed by atoms with E-state index in [0.717, 1.165) is 18.9 Å². The first-order valence-electron chi connectivity index (χ1n) is 5.80. The van der Waals surface area contributed by atoms with Crippen molar-refractivity contribution >= 4 is 0 Å². The molecule has 0 amide bonds. The summed E-state index contributed by atoms with van der Waals surface area (Å²) in [5.74, 6) is 0.956. The van der Waals surface area contributed by atoms with Crippen molar-refractivity contribution in [1.82, 2.24) is 4.90 Å². The monoisotopic (exact) mass is 192 g/mol. The second kappa shape index (κ2) is 3.90. The lowest BCUT2D eigenvalue weighted by atomic mass is 9.85. The molecule has 2 nitrogen and oxygen atoms in total. The maximum atomic E-state index is 8.73. The molecule has 2 aliphatic carbocycles. The van der Waals surface area contributed by atoms with Gasteiger partial charge in [0.05, 0.1) is 6.07 Å². The van der Waals surface area contributed by atoms with Crippen LogP contribution in [0.2, 0.25) is 0 Å². The Morgan fingerprint density at radius 2 is 2.14 bits per heavy atom. The predicted molar refractivity (Wildman–Crippen MR) is 56.7 cm³/mol. The number of hydrogen-bond donors (Lipinski definition) is 0. The molecule has 0 heterocycles. The van der Waals surface area contributed by atoms with Crippen LogP contribution in [-0.4, -0.2) is 25.0 Å². The first kappa shape index (κ1) is 9.98.